The molecular weight excluding hydrogens is 376 g/mol. The second-order valence-corrected chi connectivity index (χ2v) is 6.75. The summed E-state index contributed by atoms with van der Waals surface area (Å²) in [5, 5.41) is 6.64. The van der Waals surface area contributed by atoms with Gasteiger partial charge in [0, 0.05) is 30.2 Å². The molecule has 0 unspecified atom stereocenters. The van der Waals surface area contributed by atoms with Gasteiger partial charge in [0.2, 0.25) is 5.78 Å². The number of aromatic nitrogens is 3. The number of nitrogens with zero attached hydrogens (tertiary/aromatic N) is 2. The topological polar surface area (TPSA) is 125 Å². The van der Waals surface area contributed by atoms with Crippen LogP contribution in [0.3, 0.4) is 0 Å². The van der Waals surface area contributed by atoms with Gasteiger partial charge in [-0.15, -0.1) is 0 Å². The van der Waals surface area contributed by atoms with Gasteiger partial charge in [-0.25, -0.2) is 9.89 Å². The second kappa shape index (κ2) is 7.70. The summed E-state index contributed by atoms with van der Waals surface area (Å²) in [5.41, 5.74) is 0.0808. The highest BCUT2D eigenvalue weighted by molar-refractivity contribution is 6.04. The number of Topliss-reactive ketones (excluding diaryl/α,β-unsaturated/α-hetero) is 1. The first-order valence-electron chi connectivity index (χ1n) is 9.20. The molecule has 1 aliphatic rings. The van der Waals surface area contributed by atoms with Crippen LogP contribution in [0.5, 0.6) is 0 Å². The number of carbonyl (C=O) groups excluding carboxylic acids is 3. The monoisotopic (exact) mass is 394 g/mol. The normalized spacial score (nSPS) is 13.6. The fourth-order valence-electron chi connectivity index (χ4n) is 3.32. The molecule has 0 bridgehead atoms. The molecule has 1 aromatic carbocycles. The number of nitrogens with one attached hydrogen (secondary N) is 2. The van der Waals surface area contributed by atoms with Gasteiger partial charge < -0.3 is 14.6 Å². The summed E-state index contributed by atoms with van der Waals surface area (Å²) in [7, 11) is 0. The summed E-state index contributed by atoms with van der Waals surface area (Å²) in [6, 6.07) is 7.95. The zero-order valence-corrected chi connectivity index (χ0v) is 15.4. The molecule has 0 atom stereocenters. The van der Waals surface area contributed by atoms with Crippen LogP contribution in [-0.4, -0.2) is 57.4 Å². The van der Waals surface area contributed by atoms with Crippen molar-refractivity contribution in [2.24, 2.45) is 0 Å². The molecule has 3 heterocycles. The van der Waals surface area contributed by atoms with Crippen molar-refractivity contribution in [3.8, 4) is 0 Å². The number of fused-ring (bicyclic) bond motifs is 1. The molecule has 4 rings (SSSR count). The third kappa shape index (κ3) is 3.66. The van der Waals surface area contributed by atoms with Gasteiger partial charge in [0.25, 0.3) is 11.5 Å². The van der Waals surface area contributed by atoms with E-state index in [0.717, 1.165) is 12.8 Å². The van der Waals surface area contributed by atoms with Gasteiger partial charge in [-0.2, -0.15) is 5.10 Å². The van der Waals surface area contributed by atoms with E-state index < -0.39 is 23.9 Å². The number of amides is 1. The number of H-pyrrole nitrogens is 2. The Bertz CT molecular complexity index is 1160. The fraction of sp³-hybridized carbons (Fsp3) is 0.250. The molecule has 3 aromatic rings. The molecule has 1 saturated heterocycles. The lowest BCUT2D eigenvalue weighted by molar-refractivity contribution is 0.0470. The number of carbonyl (C=O) groups is 3. The number of aromatic amines is 2. The first kappa shape index (κ1) is 18.6. The molecule has 0 saturated carbocycles. The minimum absolute atomic E-state index is 0.0769. The van der Waals surface area contributed by atoms with Gasteiger partial charge in [0.15, 0.2) is 12.3 Å². The SMILES string of the molecule is O=C(COC(=O)c1n[nH]c(=O)c2ccccc12)c1c[nH]c(C(=O)N2CCCC2)c1. The summed E-state index contributed by atoms with van der Waals surface area (Å²) < 4.78 is 5.08. The molecule has 148 valence electrons. The van der Waals surface area contributed by atoms with Crippen molar-refractivity contribution in [1.82, 2.24) is 20.1 Å². The van der Waals surface area contributed by atoms with Crippen molar-refractivity contribution in [1.29, 1.82) is 0 Å². The van der Waals surface area contributed by atoms with E-state index in [4.69, 9.17) is 4.74 Å². The zero-order chi connectivity index (χ0) is 20.4. The Balaban J connectivity index is 1.44. The molecule has 9 nitrogen and oxygen atoms in total. The van der Waals surface area contributed by atoms with Gasteiger partial charge in [0.1, 0.15) is 5.69 Å². The first-order valence-corrected chi connectivity index (χ1v) is 9.20. The molecule has 2 N–H and O–H groups in total. The van der Waals surface area contributed by atoms with E-state index in [-0.39, 0.29) is 17.2 Å². The van der Waals surface area contributed by atoms with Crippen molar-refractivity contribution in [3.63, 3.8) is 0 Å². The predicted octanol–water partition coefficient (Wildman–Crippen LogP) is 1.53. The van der Waals surface area contributed by atoms with E-state index in [1.54, 1.807) is 29.2 Å². The molecular formula is C20H18N4O5. The lowest BCUT2D eigenvalue weighted by Crippen LogP contribution is -2.27. The number of ether oxygens (including phenoxy) is 1. The van der Waals surface area contributed by atoms with Gasteiger partial charge in [0.05, 0.1) is 5.39 Å². The summed E-state index contributed by atoms with van der Waals surface area (Å²) in [4.78, 5) is 53.4. The van der Waals surface area contributed by atoms with Crippen LogP contribution >= 0.6 is 0 Å². The van der Waals surface area contributed by atoms with E-state index in [0.29, 0.717) is 29.6 Å². The third-order valence-electron chi connectivity index (χ3n) is 4.85. The molecule has 0 spiro atoms. The highest BCUT2D eigenvalue weighted by Crippen LogP contribution is 2.15. The predicted molar refractivity (Wildman–Crippen MR) is 103 cm³/mol. The maximum atomic E-state index is 12.4. The Hall–Kier alpha value is -3.75. The van der Waals surface area contributed by atoms with Crippen molar-refractivity contribution in [2.45, 2.75) is 12.8 Å². The van der Waals surface area contributed by atoms with E-state index in [2.05, 4.69) is 15.2 Å². The highest BCUT2D eigenvalue weighted by atomic mass is 16.5. The van der Waals surface area contributed by atoms with Crippen LogP contribution in [-0.2, 0) is 4.74 Å². The zero-order valence-electron chi connectivity index (χ0n) is 15.4. The van der Waals surface area contributed by atoms with E-state index in [1.165, 1.54) is 12.3 Å². The van der Waals surface area contributed by atoms with Gasteiger partial charge in [-0.3, -0.25) is 14.4 Å². The number of hydrogen-bond donors (Lipinski definition) is 2. The second-order valence-electron chi connectivity index (χ2n) is 6.75. The summed E-state index contributed by atoms with van der Waals surface area (Å²) >= 11 is 0. The molecule has 1 fully saturated rings. The van der Waals surface area contributed by atoms with Gasteiger partial charge >= 0.3 is 5.97 Å². The third-order valence-corrected chi connectivity index (χ3v) is 4.85. The molecule has 1 amide bonds. The van der Waals surface area contributed by atoms with Crippen LogP contribution < -0.4 is 5.56 Å². The Kier molecular flexibility index (Phi) is 4.94. The summed E-state index contributed by atoms with van der Waals surface area (Å²) in [6.45, 7) is 0.904. The van der Waals surface area contributed by atoms with Crippen LogP contribution in [0.15, 0.2) is 41.3 Å². The quantitative estimate of drug-likeness (QED) is 0.499. The minimum atomic E-state index is -0.824. The summed E-state index contributed by atoms with van der Waals surface area (Å²) in [6.07, 6.45) is 3.37. The average molecular weight is 394 g/mol. The number of esters is 1. The van der Waals surface area contributed by atoms with Crippen LogP contribution in [0.4, 0.5) is 0 Å². The van der Waals surface area contributed by atoms with Crippen molar-refractivity contribution in [3.05, 3.63) is 63.8 Å². The van der Waals surface area contributed by atoms with Gasteiger partial charge in [-0.05, 0) is 25.0 Å². The Labute approximate surface area is 164 Å². The number of rotatable bonds is 5. The molecule has 1 aliphatic heterocycles. The smallest absolute Gasteiger partial charge is 0.359 e. The van der Waals surface area contributed by atoms with Crippen molar-refractivity contribution < 1.29 is 19.1 Å². The number of likely N-dealkylation sites (tertiary alicyclic amines) is 1. The molecule has 9 heteroatoms. The van der Waals surface area contributed by atoms with Crippen molar-refractivity contribution >= 4 is 28.4 Å². The number of ketones is 1. The Morgan fingerprint density at radius 1 is 1.10 bits per heavy atom. The fourth-order valence-corrected chi connectivity index (χ4v) is 3.32. The van der Waals surface area contributed by atoms with Crippen LogP contribution in [0.1, 0.15) is 44.2 Å². The van der Waals surface area contributed by atoms with E-state index in [9.17, 15) is 19.2 Å². The Morgan fingerprint density at radius 3 is 2.59 bits per heavy atom. The standard InChI is InChI=1S/C20H18N4O5/c25-16(12-9-15(21-10-12)19(27)24-7-3-4-8-24)11-29-20(28)17-13-5-1-2-6-14(13)18(26)23-22-17/h1-2,5-6,9-10,21H,3-4,7-8,11H2,(H,23,26). The summed E-state index contributed by atoms with van der Waals surface area (Å²) in [5.74, 6) is -1.43. The average Bonchev–Trinajstić information content (AvgIpc) is 3.44. The van der Waals surface area contributed by atoms with E-state index >= 15 is 0 Å². The van der Waals surface area contributed by atoms with Crippen molar-refractivity contribution in [2.75, 3.05) is 19.7 Å². The number of hydrogen-bond acceptors (Lipinski definition) is 6. The molecule has 0 radical (unpaired) electrons. The molecule has 2 aromatic heterocycles. The van der Waals surface area contributed by atoms with Crippen LogP contribution in [0.2, 0.25) is 0 Å². The van der Waals surface area contributed by atoms with E-state index in [1.807, 2.05) is 0 Å². The first-order chi connectivity index (χ1) is 14.0. The maximum Gasteiger partial charge on any atom is 0.359 e. The molecule has 0 aliphatic carbocycles. The molecule has 29 heavy (non-hydrogen) atoms. The largest absolute Gasteiger partial charge is 0.452 e. The van der Waals surface area contributed by atoms with Crippen LogP contribution in [0.25, 0.3) is 10.8 Å². The van der Waals surface area contributed by atoms with Crippen LogP contribution in [0, 0.1) is 0 Å². The van der Waals surface area contributed by atoms with Gasteiger partial charge in [-0.1, -0.05) is 18.2 Å². The number of benzene rings is 1. The Morgan fingerprint density at radius 2 is 1.83 bits per heavy atom. The minimum Gasteiger partial charge on any atom is -0.452 e. The maximum absolute atomic E-state index is 12.4. The lowest BCUT2D eigenvalue weighted by Gasteiger charge is -2.13. The highest BCUT2D eigenvalue weighted by Gasteiger charge is 2.22. The lowest BCUT2D eigenvalue weighted by atomic mass is 10.1.